The summed E-state index contributed by atoms with van der Waals surface area (Å²) < 4.78 is 0. The molecule has 0 saturated carbocycles. The van der Waals surface area contributed by atoms with Crippen molar-refractivity contribution < 1.29 is 4.79 Å². The van der Waals surface area contributed by atoms with Crippen molar-refractivity contribution >= 4 is 17.4 Å². The lowest BCUT2D eigenvalue weighted by atomic mass is 10.1. The third kappa shape index (κ3) is 3.60. The highest BCUT2D eigenvalue weighted by molar-refractivity contribution is 6.33. The monoisotopic (exact) mass is 198 g/mol. The smallest absolute Gasteiger partial charge is 0.164 e. The predicted molar refractivity (Wildman–Crippen MR) is 57.4 cm³/mol. The molecular formula is C11H15ClO. The van der Waals surface area contributed by atoms with Gasteiger partial charge in [-0.25, -0.2) is 0 Å². The van der Waals surface area contributed by atoms with Gasteiger partial charge in [0.25, 0.3) is 0 Å². The van der Waals surface area contributed by atoms with Crippen LogP contribution in [0.1, 0.15) is 37.6 Å². The summed E-state index contributed by atoms with van der Waals surface area (Å²) in [7, 11) is 0. The molecule has 0 unspecified atom stereocenters. The largest absolute Gasteiger partial charge is 0.294 e. The van der Waals surface area contributed by atoms with Gasteiger partial charge in [-0.3, -0.25) is 4.79 Å². The number of Topliss-reactive ketones (excluding diaryl/α,β-unsaturated/α-hetero) is 1. The van der Waals surface area contributed by atoms with Crippen LogP contribution in [0.4, 0.5) is 0 Å². The Bertz CT molecular complexity index is 269. The molecule has 0 saturated heterocycles. The van der Waals surface area contributed by atoms with Crippen LogP contribution in [-0.4, -0.2) is 5.78 Å². The Hall–Kier alpha value is -0.820. The fourth-order valence-electron chi connectivity index (χ4n) is 0.878. The summed E-state index contributed by atoms with van der Waals surface area (Å²) >= 11 is 5.78. The SMILES string of the molecule is CC.CCC(=O)c1ccccc1Cl. The molecule has 0 atom stereocenters. The molecular weight excluding hydrogens is 184 g/mol. The molecule has 2 heteroatoms. The number of carbonyl (C=O) groups is 1. The van der Waals surface area contributed by atoms with Crippen LogP contribution >= 0.6 is 11.6 Å². The van der Waals surface area contributed by atoms with Gasteiger partial charge in [-0.1, -0.05) is 44.5 Å². The molecule has 0 heterocycles. The van der Waals surface area contributed by atoms with E-state index in [1.807, 2.05) is 32.9 Å². The zero-order valence-corrected chi connectivity index (χ0v) is 9.06. The molecule has 0 N–H and O–H groups in total. The zero-order chi connectivity index (χ0) is 10.3. The zero-order valence-electron chi connectivity index (χ0n) is 8.30. The number of rotatable bonds is 2. The first-order chi connectivity index (χ1) is 6.25. The molecule has 0 radical (unpaired) electrons. The Morgan fingerprint density at radius 1 is 1.31 bits per heavy atom. The van der Waals surface area contributed by atoms with Crippen LogP contribution in [0.3, 0.4) is 0 Å². The third-order valence-electron chi connectivity index (χ3n) is 1.50. The highest BCUT2D eigenvalue weighted by Gasteiger charge is 2.05. The van der Waals surface area contributed by atoms with Crippen molar-refractivity contribution in [2.45, 2.75) is 27.2 Å². The van der Waals surface area contributed by atoms with E-state index in [1.165, 1.54) is 0 Å². The second-order valence-electron chi connectivity index (χ2n) is 2.26. The van der Waals surface area contributed by atoms with Gasteiger partial charge in [0.1, 0.15) is 0 Å². The Labute approximate surface area is 84.7 Å². The third-order valence-corrected chi connectivity index (χ3v) is 1.82. The van der Waals surface area contributed by atoms with E-state index < -0.39 is 0 Å². The number of hydrogen-bond donors (Lipinski definition) is 0. The molecule has 0 aromatic heterocycles. The van der Waals surface area contributed by atoms with E-state index in [1.54, 1.807) is 12.1 Å². The number of carbonyl (C=O) groups excluding carboxylic acids is 1. The van der Waals surface area contributed by atoms with Crippen molar-refractivity contribution in [3.8, 4) is 0 Å². The van der Waals surface area contributed by atoms with E-state index >= 15 is 0 Å². The Morgan fingerprint density at radius 2 is 1.85 bits per heavy atom. The van der Waals surface area contributed by atoms with Crippen LogP contribution in [0.25, 0.3) is 0 Å². The summed E-state index contributed by atoms with van der Waals surface area (Å²) in [6.45, 7) is 5.83. The van der Waals surface area contributed by atoms with Crippen LogP contribution in [0.2, 0.25) is 5.02 Å². The molecule has 0 aliphatic carbocycles. The molecule has 0 aliphatic heterocycles. The first-order valence-electron chi connectivity index (χ1n) is 4.53. The molecule has 1 aromatic carbocycles. The molecule has 0 fully saturated rings. The minimum atomic E-state index is 0.0931. The van der Waals surface area contributed by atoms with Crippen LogP contribution < -0.4 is 0 Å². The quantitative estimate of drug-likeness (QED) is 0.658. The lowest BCUT2D eigenvalue weighted by Crippen LogP contribution is -1.96. The topological polar surface area (TPSA) is 17.1 Å². The highest BCUT2D eigenvalue weighted by Crippen LogP contribution is 2.16. The maximum absolute atomic E-state index is 11.1. The molecule has 0 spiro atoms. The highest BCUT2D eigenvalue weighted by atomic mass is 35.5. The first kappa shape index (κ1) is 12.2. The van der Waals surface area contributed by atoms with Crippen LogP contribution in [0, 0.1) is 0 Å². The van der Waals surface area contributed by atoms with Gasteiger partial charge in [0, 0.05) is 12.0 Å². The van der Waals surface area contributed by atoms with E-state index in [2.05, 4.69) is 0 Å². The van der Waals surface area contributed by atoms with Gasteiger partial charge in [0.05, 0.1) is 5.02 Å². The van der Waals surface area contributed by atoms with Gasteiger partial charge in [-0.2, -0.15) is 0 Å². The van der Waals surface area contributed by atoms with Gasteiger partial charge < -0.3 is 0 Å². The Morgan fingerprint density at radius 3 is 2.31 bits per heavy atom. The number of ketones is 1. The second kappa shape index (κ2) is 6.67. The lowest BCUT2D eigenvalue weighted by molar-refractivity contribution is 0.0988. The summed E-state index contributed by atoms with van der Waals surface area (Å²) in [5.74, 6) is 0.0931. The average molecular weight is 199 g/mol. The van der Waals surface area contributed by atoms with Gasteiger partial charge in [-0.05, 0) is 12.1 Å². The number of benzene rings is 1. The summed E-state index contributed by atoms with van der Waals surface area (Å²) in [6.07, 6.45) is 0.504. The van der Waals surface area contributed by atoms with Gasteiger partial charge in [-0.15, -0.1) is 0 Å². The number of halogens is 1. The van der Waals surface area contributed by atoms with Crippen LogP contribution in [0.15, 0.2) is 24.3 Å². The van der Waals surface area contributed by atoms with Gasteiger partial charge in [0.2, 0.25) is 0 Å². The molecule has 1 nitrogen and oxygen atoms in total. The minimum Gasteiger partial charge on any atom is -0.294 e. The van der Waals surface area contributed by atoms with Gasteiger partial charge >= 0.3 is 0 Å². The van der Waals surface area contributed by atoms with Crippen LogP contribution in [-0.2, 0) is 0 Å². The predicted octanol–water partition coefficient (Wildman–Crippen LogP) is 3.96. The van der Waals surface area contributed by atoms with E-state index in [0.29, 0.717) is 17.0 Å². The summed E-state index contributed by atoms with van der Waals surface area (Å²) in [5.41, 5.74) is 0.622. The fourth-order valence-corrected chi connectivity index (χ4v) is 1.12. The van der Waals surface area contributed by atoms with E-state index in [-0.39, 0.29) is 5.78 Å². The molecule has 72 valence electrons. The molecule has 13 heavy (non-hydrogen) atoms. The Kier molecular flexibility index (Phi) is 6.25. The number of hydrogen-bond acceptors (Lipinski definition) is 1. The molecule has 0 amide bonds. The van der Waals surface area contributed by atoms with Crippen molar-refractivity contribution in [3.63, 3.8) is 0 Å². The van der Waals surface area contributed by atoms with Crippen molar-refractivity contribution in [2.75, 3.05) is 0 Å². The maximum Gasteiger partial charge on any atom is 0.164 e. The van der Waals surface area contributed by atoms with E-state index in [9.17, 15) is 4.79 Å². The first-order valence-corrected chi connectivity index (χ1v) is 4.91. The standard InChI is InChI=1S/C9H9ClO.C2H6/c1-2-9(11)7-5-3-4-6-8(7)10;1-2/h3-6H,2H2,1H3;1-2H3. The summed E-state index contributed by atoms with van der Waals surface area (Å²) in [6, 6.07) is 7.10. The maximum atomic E-state index is 11.1. The van der Waals surface area contributed by atoms with Crippen molar-refractivity contribution in [1.82, 2.24) is 0 Å². The second-order valence-corrected chi connectivity index (χ2v) is 2.66. The lowest BCUT2D eigenvalue weighted by Gasteiger charge is -1.98. The van der Waals surface area contributed by atoms with Crippen LogP contribution in [0.5, 0.6) is 0 Å². The van der Waals surface area contributed by atoms with Crippen molar-refractivity contribution in [3.05, 3.63) is 34.9 Å². The van der Waals surface area contributed by atoms with Crippen molar-refractivity contribution in [2.24, 2.45) is 0 Å². The average Bonchev–Trinajstić information content (AvgIpc) is 2.20. The summed E-state index contributed by atoms with van der Waals surface area (Å²) in [4.78, 5) is 11.1. The molecule has 1 aromatic rings. The Balaban J connectivity index is 0.000000671. The minimum absolute atomic E-state index is 0.0931. The fraction of sp³-hybridized carbons (Fsp3) is 0.364. The van der Waals surface area contributed by atoms with E-state index in [0.717, 1.165) is 0 Å². The molecule has 1 rings (SSSR count). The summed E-state index contributed by atoms with van der Waals surface area (Å²) in [5, 5.41) is 0.541. The van der Waals surface area contributed by atoms with Gasteiger partial charge in [0.15, 0.2) is 5.78 Å². The van der Waals surface area contributed by atoms with E-state index in [4.69, 9.17) is 11.6 Å². The molecule has 0 aliphatic rings. The van der Waals surface area contributed by atoms with Crippen molar-refractivity contribution in [1.29, 1.82) is 0 Å². The molecule has 0 bridgehead atoms. The normalized spacial score (nSPS) is 8.62.